The van der Waals surface area contributed by atoms with E-state index in [1.165, 1.54) is 12.3 Å². The number of benzene rings is 3. The van der Waals surface area contributed by atoms with Crippen molar-refractivity contribution in [3.63, 3.8) is 0 Å². The van der Waals surface area contributed by atoms with Crippen molar-refractivity contribution in [1.29, 1.82) is 0 Å². The number of nitrogens with one attached hydrogen (secondary N) is 2. The molecule has 3 rings (SSSR count). The first-order chi connectivity index (χ1) is 17.4. The monoisotopic (exact) mass is 621 g/mol. The number of carbonyl (C=O) groups excluding carboxylic acids is 1. The molecular weight excluding hydrogens is 594 g/mol. The molecule has 10 heteroatoms. The number of carbonyl (C=O) groups is 1. The van der Waals surface area contributed by atoms with Crippen LogP contribution in [0.5, 0.6) is 11.5 Å². The molecule has 0 aliphatic heterocycles. The van der Waals surface area contributed by atoms with E-state index in [0.29, 0.717) is 49.2 Å². The summed E-state index contributed by atoms with van der Waals surface area (Å²) in [4.78, 5) is 13.1. The molecule has 3 aromatic carbocycles. The third-order valence-corrected chi connectivity index (χ3v) is 6.93. The smallest absolute Gasteiger partial charge is 0.243 e. The number of nitrogens with zero attached hydrogens (tertiary/aromatic N) is 1. The molecule has 1 amide bonds. The largest absolute Gasteiger partial charge is 0.506 e. The maximum Gasteiger partial charge on any atom is 0.243 e. The summed E-state index contributed by atoms with van der Waals surface area (Å²) in [6.07, 6.45) is 2.44. The molecule has 0 heterocycles. The number of aromatic hydroxyl groups is 2. The average molecular weight is 623 g/mol. The Kier molecular flexibility index (Phi) is 11.1. The van der Waals surface area contributed by atoms with Crippen molar-refractivity contribution in [1.82, 2.24) is 10.7 Å². The van der Waals surface area contributed by atoms with Gasteiger partial charge in [-0.15, -0.1) is 0 Å². The van der Waals surface area contributed by atoms with Gasteiger partial charge >= 0.3 is 0 Å². The Balaban J connectivity index is 1.67. The third kappa shape index (κ3) is 8.01. The standard InChI is InChI=1S/C26H29Br2N3O5/c27-22-15-21(24(33)23(28)25(22)34)16-30-31-26(35)20(7-8-29-9-11-36-12-10-32)14-17-5-6-18-3-1-2-4-19(18)13-17/h1-6,13,15-16,20,29,32-34H,7-12,14H2,(H,31,35)/b30-16+. The second-order valence-corrected chi connectivity index (χ2v) is 9.80. The van der Waals surface area contributed by atoms with Crippen LogP contribution in [0.2, 0.25) is 0 Å². The van der Waals surface area contributed by atoms with E-state index >= 15 is 0 Å². The van der Waals surface area contributed by atoms with Crippen LogP contribution in [0.3, 0.4) is 0 Å². The number of hydrogen-bond donors (Lipinski definition) is 5. The highest BCUT2D eigenvalue weighted by Crippen LogP contribution is 2.40. The minimum atomic E-state index is -0.346. The summed E-state index contributed by atoms with van der Waals surface area (Å²) in [6.45, 7) is 2.00. The van der Waals surface area contributed by atoms with Gasteiger partial charge in [-0.1, -0.05) is 42.5 Å². The first kappa shape index (κ1) is 28.1. The summed E-state index contributed by atoms with van der Waals surface area (Å²) in [7, 11) is 0. The van der Waals surface area contributed by atoms with Gasteiger partial charge in [-0.25, -0.2) is 5.43 Å². The van der Waals surface area contributed by atoms with Gasteiger partial charge in [-0.05, 0) is 73.6 Å². The lowest BCUT2D eigenvalue weighted by Crippen LogP contribution is -2.32. The highest BCUT2D eigenvalue weighted by atomic mass is 79.9. The highest BCUT2D eigenvalue weighted by Gasteiger charge is 2.19. The van der Waals surface area contributed by atoms with Gasteiger partial charge in [0.15, 0.2) is 0 Å². The zero-order valence-corrected chi connectivity index (χ0v) is 22.8. The lowest BCUT2D eigenvalue weighted by atomic mass is 9.94. The van der Waals surface area contributed by atoms with Crippen LogP contribution >= 0.6 is 31.9 Å². The van der Waals surface area contributed by atoms with Gasteiger partial charge in [0, 0.05) is 18.0 Å². The maximum absolute atomic E-state index is 13.1. The summed E-state index contributed by atoms with van der Waals surface area (Å²) in [5.74, 6) is -0.900. The maximum atomic E-state index is 13.1. The van der Waals surface area contributed by atoms with Crippen molar-refractivity contribution < 1.29 is 24.9 Å². The second kappa shape index (κ2) is 14.3. The van der Waals surface area contributed by atoms with E-state index in [4.69, 9.17) is 9.84 Å². The summed E-state index contributed by atoms with van der Waals surface area (Å²) < 4.78 is 5.76. The van der Waals surface area contributed by atoms with Gasteiger partial charge in [-0.2, -0.15) is 5.10 Å². The van der Waals surface area contributed by atoms with E-state index in [9.17, 15) is 15.0 Å². The van der Waals surface area contributed by atoms with Gasteiger partial charge in [0.05, 0.1) is 30.5 Å². The van der Waals surface area contributed by atoms with Crippen LogP contribution in [0.1, 0.15) is 17.5 Å². The Morgan fingerprint density at radius 3 is 2.58 bits per heavy atom. The van der Waals surface area contributed by atoms with E-state index in [1.54, 1.807) is 0 Å². The molecule has 36 heavy (non-hydrogen) atoms. The van der Waals surface area contributed by atoms with Crippen LogP contribution in [0.4, 0.5) is 0 Å². The first-order valence-corrected chi connectivity index (χ1v) is 13.1. The van der Waals surface area contributed by atoms with E-state index in [0.717, 1.165) is 16.3 Å². The number of phenolic OH excluding ortho intramolecular Hbond substituents is 2. The number of amides is 1. The van der Waals surface area contributed by atoms with Crippen LogP contribution in [0, 0.1) is 5.92 Å². The molecule has 0 aliphatic rings. The van der Waals surface area contributed by atoms with Crippen LogP contribution in [0.15, 0.2) is 62.6 Å². The Labute approximate surface area is 226 Å². The molecule has 0 radical (unpaired) electrons. The number of hydrogen-bond acceptors (Lipinski definition) is 7. The van der Waals surface area contributed by atoms with Gasteiger partial charge in [0.1, 0.15) is 16.0 Å². The molecule has 0 aliphatic carbocycles. The Morgan fingerprint density at radius 2 is 1.81 bits per heavy atom. The van der Waals surface area contributed by atoms with Gasteiger partial charge < -0.3 is 25.4 Å². The fourth-order valence-corrected chi connectivity index (χ4v) is 4.81. The molecule has 1 atom stereocenters. The topological polar surface area (TPSA) is 123 Å². The quantitative estimate of drug-likeness (QED) is 0.111. The number of fused-ring (bicyclic) bond motifs is 1. The number of hydrazone groups is 1. The SMILES string of the molecule is O=C(N/N=C/c1cc(Br)c(O)c(Br)c1O)C(CCNCCOCCO)Cc1ccc2ccccc2c1. The molecule has 8 nitrogen and oxygen atoms in total. The zero-order chi connectivity index (χ0) is 25.9. The fraction of sp³-hybridized carbons (Fsp3) is 0.308. The van der Waals surface area contributed by atoms with Crippen LogP contribution in [-0.2, 0) is 16.0 Å². The van der Waals surface area contributed by atoms with Gasteiger partial charge in [0.25, 0.3) is 0 Å². The molecule has 0 spiro atoms. The normalized spacial score (nSPS) is 12.3. The Bertz CT molecular complexity index is 1210. The van der Waals surface area contributed by atoms with Gasteiger partial charge in [0.2, 0.25) is 5.91 Å². The molecule has 0 fully saturated rings. The predicted molar refractivity (Wildman–Crippen MR) is 147 cm³/mol. The van der Waals surface area contributed by atoms with Crippen molar-refractivity contribution in [3.8, 4) is 11.5 Å². The Hall–Kier alpha value is -2.50. The fourth-order valence-electron chi connectivity index (χ4n) is 3.66. The number of aliphatic hydroxyl groups excluding tert-OH is 1. The lowest BCUT2D eigenvalue weighted by Gasteiger charge is -2.16. The van der Waals surface area contributed by atoms with E-state index in [1.807, 2.05) is 24.3 Å². The van der Waals surface area contributed by atoms with E-state index < -0.39 is 0 Å². The average Bonchev–Trinajstić information content (AvgIpc) is 2.89. The Morgan fingerprint density at radius 1 is 1.03 bits per heavy atom. The van der Waals surface area contributed by atoms with Crippen molar-refractivity contribution >= 4 is 54.8 Å². The minimum absolute atomic E-state index is 0.00958. The van der Waals surface area contributed by atoms with Crippen LogP contribution in [0.25, 0.3) is 10.8 Å². The summed E-state index contributed by atoms with van der Waals surface area (Å²) in [5, 5.41) is 38.4. The van der Waals surface area contributed by atoms with E-state index in [2.05, 4.69) is 65.9 Å². The van der Waals surface area contributed by atoms with Crippen molar-refractivity contribution in [2.24, 2.45) is 11.0 Å². The summed E-state index contributed by atoms with van der Waals surface area (Å²) in [5.41, 5.74) is 3.96. The van der Waals surface area contributed by atoms with Crippen molar-refractivity contribution in [2.75, 3.05) is 32.9 Å². The number of aliphatic hydroxyl groups is 1. The molecule has 0 aromatic heterocycles. The lowest BCUT2D eigenvalue weighted by molar-refractivity contribution is -0.125. The van der Waals surface area contributed by atoms with Crippen molar-refractivity contribution in [3.05, 3.63) is 68.6 Å². The molecular formula is C26H29Br2N3O5. The number of halogens is 2. The summed E-state index contributed by atoms with van der Waals surface area (Å²) >= 11 is 6.34. The highest BCUT2D eigenvalue weighted by molar-refractivity contribution is 9.11. The number of ether oxygens (including phenoxy) is 1. The van der Waals surface area contributed by atoms with Crippen LogP contribution in [-0.4, -0.2) is 60.4 Å². The molecule has 1 unspecified atom stereocenters. The van der Waals surface area contributed by atoms with Crippen LogP contribution < -0.4 is 10.7 Å². The van der Waals surface area contributed by atoms with Gasteiger partial charge in [-0.3, -0.25) is 4.79 Å². The predicted octanol–water partition coefficient (Wildman–Crippen LogP) is 4.07. The third-order valence-electron chi connectivity index (χ3n) is 5.57. The first-order valence-electron chi connectivity index (χ1n) is 11.5. The molecule has 0 saturated carbocycles. The van der Waals surface area contributed by atoms with Crippen molar-refractivity contribution in [2.45, 2.75) is 12.8 Å². The second-order valence-electron chi connectivity index (χ2n) is 8.15. The minimum Gasteiger partial charge on any atom is -0.506 e. The molecule has 5 N–H and O–H groups in total. The zero-order valence-electron chi connectivity index (χ0n) is 19.6. The number of rotatable bonds is 13. The summed E-state index contributed by atoms with van der Waals surface area (Å²) in [6, 6.07) is 15.8. The molecule has 0 saturated heterocycles. The molecule has 0 bridgehead atoms. The number of phenols is 2. The molecule has 192 valence electrons. The molecule has 3 aromatic rings. The van der Waals surface area contributed by atoms with E-state index in [-0.39, 0.29) is 34.4 Å².